The van der Waals surface area contributed by atoms with E-state index in [9.17, 15) is 4.79 Å². The zero-order valence-corrected chi connectivity index (χ0v) is 16.9. The van der Waals surface area contributed by atoms with Crippen LogP contribution in [0.1, 0.15) is 15.9 Å². The Morgan fingerprint density at radius 2 is 1.90 bits per heavy atom. The summed E-state index contributed by atoms with van der Waals surface area (Å²) in [4.78, 5) is 19.2. The molecular formula is C24H22N4O2. The number of amides is 1. The first-order valence-corrected chi connectivity index (χ1v) is 9.59. The molecule has 1 amide bonds. The third-order valence-corrected chi connectivity index (χ3v) is 4.80. The Labute approximate surface area is 175 Å². The van der Waals surface area contributed by atoms with Crippen LogP contribution in [0.5, 0.6) is 5.75 Å². The lowest BCUT2D eigenvalue weighted by Gasteiger charge is -2.17. The third kappa shape index (κ3) is 4.07. The van der Waals surface area contributed by atoms with Gasteiger partial charge in [0, 0.05) is 37.7 Å². The summed E-state index contributed by atoms with van der Waals surface area (Å²) in [6.45, 7) is 0.459. The lowest BCUT2D eigenvalue weighted by molar-refractivity contribution is 0.0785. The Morgan fingerprint density at radius 1 is 1.07 bits per heavy atom. The van der Waals surface area contributed by atoms with Gasteiger partial charge in [-0.3, -0.25) is 9.78 Å². The first-order valence-electron chi connectivity index (χ1n) is 9.59. The van der Waals surface area contributed by atoms with Gasteiger partial charge in [-0.25, -0.2) is 4.68 Å². The number of hydrogen-bond acceptors (Lipinski definition) is 4. The molecule has 2 aromatic heterocycles. The van der Waals surface area contributed by atoms with E-state index in [1.165, 1.54) is 0 Å². The number of pyridine rings is 1. The van der Waals surface area contributed by atoms with E-state index in [-0.39, 0.29) is 5.91 Å². The van der Waals surface area contributed by atoms with Gasteiger partial charge >= 0.3 is 0 Å². The highest BCUT2D eigenvalue weighted by Gasteiger charge is 2.22. The molecule has 0 unspecified atom stereocenters. The fraction of sp³-hybridized carbons (Fsp3) is 0.125. The summed E-state index contributed by atoms with van der Waals surface area (Å²) in [5.41, 5.74) is 3.81. The van der Waals surface area contributed by atoms with Crippen molar-refractivity contribution in [2.45, 2.75) is 6.54 Å². The number of aromatic nitrogens is 3. The number of hydrogen-bond donors (Lipinski definition) is 0. The van der Waals surface area contributed by atoms with Crippen LogP contribution in [0, 0.1) is 0 Å². The fourth-order valence-corrected chi connectivity index (χ4v) is 3.27. The predicted molar refractivity (Wildman–Crippen MR) is 116 cm³/mol. The molecule has 6 heteroatoms. The molecule has 0 radical (unpaired) electrons. The summed E-state index contributed by atoms with van der Waals surface area (Å²) in [6.07, 6.45) is 5.27. The molecule has 0 spiro atoms. The molecular weight excluding hydrogens is 376 g/mol. The molecule has 6 nitrogen and oxygen atoms in total. The number of carbonyl (C=O) groups excluding carboxylic acids is 1. The quantitative estimate of drug-likeness (QED) is 0.488. The number of rotatable bonds is 6. The Balaban J connectivity index is 1.74. The summed E-state index contributed by atoms with van der Waals surface area (Å²) < 4.78 is 7.09. The van der Waals surface area contributed by atoms with E-state index in [0.29, 0.717) is 23.6 Å². The van der Waals surface area contributed by atoms with Crippen molar-refractivity contribution in [1.82, 2.24) is 19.7 Å². The Kier molecular flexibility index (Phi) is 5.57. The van der Waals surface area contributed by atoms with Gasteiger partial charge in [0.15, 0.2) is 0 Å². The molecule has 30 heavy (non-hydrogen) atoms. The predicted octanol–water partition coefficient (Wildman–Crippen LogP) is 4.22. The molecule has 0 aliphatic heterocycles. The summed E-state index contributed by atoms with van der Waals surface area (Å²) in [6, 6.07) is 21.1. The molecule has 0 bridgehead atoms. The van der Waals surface area contributed by atoms with Crippen LogP contribution in [-0.4, -0.2) is 39.7 Å². The van der Waals surface area contributed by atoms with Crippen LogP contribution in [0.4, 0.5) is 0 Å². The van der Waals surface area contributed by atoms with Crippen LogP contribution in [-0.2, 0) is 6.54 Å². The molecule has 0 N–H and O–H groups in total. The standard InChI is InChI=1S/C24H22N4O2/c1-27(16-18-8-7-13-25-15-18)24(29)22-17-28(20-10-4-3-5-11-20)26-23(22)19-9-6-12-21(14-19)30-2/h3-15,17H,16H2,1-2H3. The zero-order valence-electron chi connectivity index (χ0n) is 16.9. The van der Waals surface area contributed by atoms with Gasteiger partial charge in [-0.2, -0.15) is 5.10 Å². The van der Waals surface area contributed by atoms with Crippen molar-refractivity contribution in [3.05, 3.63) is 96.4 Å². The minimum atomic E-state index is -0.112. The summed E-state index contributed by atoms with van der Waals surface area (Å²) >= 11 is 0. The van der Waals surface area contributed by atoms with Crippen LogP contribution in [0.15, 0.2) is 85.3 Å². The highest BCUT2D eigenvalue weighted by Crippen LogP contribution is 2.28. The average Bonchev–Trinajstić information content (AvgIpc) is 3.25. The topological polar surface area (TPSA) is 60.3 Å². The largest absolute Gasteiger partial charge is 0.497 e. The molecule has 150 valence electrons. The summed E-state index contributed by atoms with van der Waals surface area (Å²) in [5, 5.41) is 4.74. The first kappa shape index (κ1) is 19.4. The molecule has 2 heterocycles. The summed E-state index contributed by atoms with van der Waals surface area (Å²) in [5.74, 6) is 0.600. The van der Waals surface area contributed by atoms with Crippen molar-refractivity contribution in [1.29, 1.82) is 0 Å². The third-order valence-electron chi connectivity index (χ3n) is 4.80. The van der Waals surface area contributed by atoms with Crippen LogP contribution < -0.4 is 4.74 Å². The Bertz CT molecular complexity index is 1140. The molecule has 0 atom stereocenters. The van der Waals surface area contributed by atoms with E-state index in [0.717, 1.165) is 16.8 Å². The Hall–Kier alpha value is -3.93. The van der Waals surface area contributed by atoms with E-state index in [1.807, 2.05) is 66.7 Å². The van der Waals surface area contributed by atoms with Crippen LogP contribution in [0.2, 0.25) is 0 Å². The molecule has 4 aromatic rings. The SMILES string of the molecule is COc1cccc(-c2nn(-c3ccccc3)cc2C(=O)N(C)Cc2cccnc2)c1. The lowest BCUT2D eigenvalue weighted by atomic mass is 10.1. The first-order chi connectivity index (χ1) is 14.7. The lowest BCUT2D eigenvalue weighted by Crippen LogP contribution is -2.26. The van der Waals surface area contributed by atoms with Gasteiger partial charge in [-0.15, -0.1) is 0 Å². The molecule has 0 aliphatic carbocycles. The number of benzene rings is 2. The molecule has 4 rings (SSSR count). The fourth-order valence-electron chi connectivity index (χ4n) is 3.27. The van der Waals surface area contributed by atoms with Gasteiger partial charge in [0.05, 0.1) is 18.4 Å². The number of ether oxygens (including phenoxy) is 1. The van der Waals surface area contributed by atoms with Gasteiger partial charge in [0.1, 0.15) is 11.4 Å². The van der Waals surface area contributed by atoms with E-state index >= 15 is 0 Å². The Morgan fingerprint density at radius 3 is 2.63 bits per heavy atom. The number of para-hydroxylation sites is 1. The maximum Gasteiger partial charge on any atom is 0.257 e. The van der Waals surface area contributed by atoms with E-state index in [4.69, 9.17) is 9.84 Å². The highest BCUT2D eigenvalue weighted by atomic mass is 16.5. The maximum absolute atomic E-state index is 13.4. The molecule has 0 saturated carbocycles. The number of carbonyl (C=O) groups is 1. The van der Waals surface area contributed by atoms with Gasteiger partial charge in [-0.05, 0) is 35.9 Å². The van der Waals surface area contributed by atoms with Crippen molar-refractivity contribution in [3.63, 3.8) is 0 Å². The van der Waals surface area contributed by atoms with Crippen LogP contribution in [0.25, 0.3) is 16.9 Å². The van der Waals surface area contributed by atoms with E-state index < -0.39 is 0 Å². The average molecular weight is 398 g/mol. The van der Waals surface area contributed by atoms with Crippen molar-refractivity contribution in [2.24, 2.45) is 0 Å². The van der Waals surface area contributed by atoms with Gasteiger partial charge in [0.25, 0.3) is 5.91 Å². The van der Waals surface area contributed by atoms with Crippen LogP contribution in [0.3, 0.4) is 0 Å². The summed E-state index contributed by atoms with van der Waals surface area (Å²) in [7, 11) is 3.40. The number of nitrogens with zero attached hydrogens (tertiary/aromatic N) is 4. The monoisotopic (exact) mass is 398 g/mol. The maximum atomic E-state index is 13.4. The molecule has 2 aromatic carbocycles. The van der Waals surface area contributed by atoms with Crippen molar-refractivity contribution < 1.29 is 9.53 Å². The van der Waals surface area contributed by atoms with Gasteiger partial charge in [0.2, 0.25) is 0 Å². The second kappa shape index (κ2) is 8.61. The molecule has 0 saturated heterocycles. The molecule has 0 aliphatic rings. The zero-order chi connectivity index (χ0) is 20.9. The van der Waals surface area contributed by atoms with E-state index in [2.05, 4.69) is 4.98 Å². The molecule has 0 fully saturated rings. The van der Waals surface area contributed by atoms with Gasteiger partial charge < -0.3 is 9.64 Å². The highest BCUT2D eigenvalue weighted by molar-refractivity contribution is 5.99. The van der Waals surface area contributed by atoms with E-state index in [1.54, 1.807) is 42.3 Å². The van der Waals surface area contributed by atoms with Gasteiger partial charge in [-0.1, -0.05) is 36.4 Å². The van der Waals surface area contributed by atoms with Crippen molar-refractivity contribution in [2.75, 3.05) is 14.2 Å². The van der Waals surface area contributed by atoms with Crippen molar-refractivity contribution >= 4 is 5.91 Å². The van der Waals surface area contributed by atoms with Crippen LogP contribution >= 0.6 is 0 Å². The smallest absolute Gasteiger partial charge is 0.257 e. The van der Waals surface area contributed by atoms with Crippen molar-refractivity contribution in [3.8, 4) is 22.7 Å². The normalized spacial score (nSPS) is 10.6. The second-order valence-corrected chi connectivity index (χ2v) is 6.93. The minimum absolute atomic E-state index is 0.112. The number of methoxy groups -OCH3 is 1. The second-order valence-electron chi connectivity index (χ2n) is 6.93. The minimum Gasteiger partial charge on any atom is -0.497 e.